The standard InChI is InChI=1S/C14H19N5O/c1-3-7-18(2)12-8-14(20)19(16-9-12)10-11-5-4-6-13(15)17-11/h4-6,8-9H,3,7,10H2,1-2H3,(H2,15,17). The van der Waals surface area contributed by atoms with Crippen LogP contribution in [0.2, 0.25) is 0 Å². The molecule has 0 radical (unpaired) electrons. The molecule has 2 N–H and O–H groups in total. The Balaban J connectivity index is 2.20. The van der Waals surface area contributed by atoms with Gasteiger partial charge in [-0.15, -0.1) is 0 Å². The second-order valence-electron chi connectivity index (χ2n) is 4.69. The molecule has 2 heterocycles. The monoisotopic (exact) mass is 273 g/mol. The van der Waals surface area contributed by atoms with Gasteiger partial charge >= 0.3 is 0 Å². The number of hydrogen-bond donors (Lipinski definition) is 1. The molecule has 0 aliphatic heterocycles. The van der Waals surface area contributed by atoms with Crippen molar-refractivity contribution in [3.05, 3.63) is 46.5 Å². The van der Waals surface area contributed by atoms with Gasteiger partial charge in [0.1, 0.15) is 5.82 Å². The van der Waals surface area contributed by atoms with Gasteiger partial charge in [-0.2, -0.15) is 5.10 Å². The van der Waals surface area contributed by atoms with Crippen molar-refractivity contribution in [3.63, 3.8) is 0 Å². The number of anilines is 2. The van der Waals surface area contributed by atoms with Crippen LogP contribution < -0.4 is 16.2 Å². The Kier molecular flexibility index (Phi) is 4.34. The lowest BCUT2D eigenvalue weighted by Crippen LogP contribution is -2.26. The van der Waals surface area contributed by atoms with E-state index in [2.05, 4.69) is 17.0 Å². The lowest BCUT2D eigenvalue weighted by Gasteiger charge is -2.17. The number of nitrogens with two attached hydrogens (primary N) is 1. The third-order valence-corrected chi connectivity index (χ3v) is 3.00. The minimum Gasteiger partial charge on any atom is -0.384 e. The summed E-state index contributed by atoms with van der Waals surface area (Å²) in [5.74, 6) is 0.440. The maximum Gasteiger partial charge on any atom is 0.269 e. The van der Waals surface area contributed by atoms with Crippen LogP contribution >= 0.6 is 0 Å². The van der Waals surface area contributed by atoms with Crippen LogP contribution in [0.25, 0.3) is 0 Å². The van der Waals surface area contributed by atoms with Crippen molar-refractivity contribution in [2.75, 3.05) is 24.2 Å². The average Bonchev–Trinajstić information content (AvgIpc) is 2.41. The van der Waals surface area contributed by atoms with Gasteiger partial charge in [-0.05, 0) is 18.6 Å². The molecule has 0 saturated carbocycles. The molecular formula is C14H19N5O. The van der Waals surface area contributed by atoms with Gasteiger partial charge in [0.25, 0.3) is 5.56 Å². The zero-order valence-corrected chi connectivity index (χ0v) is 11.8. The van der Waals surface area contributed by atoms with Crippen molar-refractivity contribution in [1.29, 1.82) is 0 Å². The summed E-state index contributed by atoms with van der Waals surface area (Å²) in [6, 6.07) is 6.94. The molecule has 0 aromatic carbocycles. The van der Waals surface area contributed by atoms with Gasteiger partial charge in [0.15, 0.2) is 0 Å². The van der Waals surface area contributed by atoms with Crippen LogP contribution in [0.5, 0.6) is 0 Å². The number of rotatable bonds is 5. The first-order chi connectivity index (χ1) is 9.60. The molecular weight excluding hydrogens is 254 g/mol. The van der Waals surface area contributed by atoms with Crippen LogP contribution in [0.1, 0.15) is 19.0 Å². The first kappa shape index (κ1) is 14.0. The average molecular weight is 273 g/mol. The van der Waals surface area contributed by atoms with Crippen molar-refractivity contribution in [2.24, 2.45) is 0 Å². The number of nitrogen functional groups attached to an aromatic ring is 1. The molecule has 106 valence electrons. The topological polar surface area (TPSA) is 77.0 Å². The second kappa shape index (κ2) is 6.18. The summed E-state index contributed by atoms with van der Waals surface area (Å²) in [4.78, 5) is 18.2. The maximum absolute atomic E-state index is 12.1. The van der Waals surface area contributed by atoms with Crippen molar-refractivity contribution in [1.82, 2.24) is 14.8 Å². The fourth-order valence-electron chi connectivity index (χ4n) is 1.96. The zero-order valence-electron chi connectivity index (χ0n) is 11.8. The molecule has 0 saturated heterocycles. The van der Waals surface area contributed by atoms with E-state index in [0.29, 0.717) is 18.1 Å². The Labute approximate surface area is 117 Å². The van der Waals surface area contributed by atoms with Gasteiger partial charge in [0, 0.05) is 19.7 Å². The Morgan fingerprint density at radius 2 is 2.20 bits per heavy atom. The first-order valence-electron chi connectivity index (χ1n) is 6.60. The fraction of sp³-hybridized carbons (Fsp3) is 0.357. The molecule has 0 spiro atoms. The van der Waals surface area contributed by atoms with Gasteiger partial charge in [0.05, 0.1) is 24.1 Å². The SMILES string of the molecule is CCCN(C)c1cnn(Cc2cccc(N)n2)c(=O)c1. The summed E-state index contributed by atoms with van der Waals surface area (Å²) < 4.78 is 1.38. The summed E-state index contributed by atoms with van der Waals surface area (Å²) in [7, 11) is 1.95. The molecule has 0 fully saturated rings. The number of pyridine rings is 1. The van der Waals surface area contributed by atoms with Gasteiger partial charge in [-0.1, -0.05) is 13.0 Å². The van der Waals surface area contributed by atoms with Crippen LogP contribution in [0.15, 0.2) is 35.3 Å². The van der Waals surface area contributed by atoms with E-state index in [4.69, 9.17) is 5.73 Å². The van der Waals surface area contributed by atoms with E-state index in [0.717, 1.165) is 18.7 Å². The van der Waals surface area contributed by atoms with Gasteiger partial charge in [0.2, 0.25) is 0 Å². The molecule has 0 aliphatic rings. The highest BCUT2D eigenvalue weighted by atomic mass is 16.1. The molecule has 0 bridgehead atoms. The summed E-state index contributed by atoms with van der Waals surface area (Å²) in [6.45, 7) is 3.31. The lowest BCUT2D eigenvalue weighted by molar-refractivity contribution is 0.626. The van der Waals surface area contributed by atoms with Crippen LogP contribution in [-0.2, 0) is 6.54 Å². The van der Waals surface area contributed by atoms with E-state index in [-0.39, 0.29) is 5.56 Å². The van der Waals surface area contributed by atoms with E-state index in [1.54, 1.807) is 18.3 Å². The van der Waals surface area contributed by atoms with Crippen molar-refractivity contribution in [2.45, 2.75) is 19.9 Å². The molecule has 0 unspecified atom stereocenters. The number of hydrogen-bond acceptors (Lipinski definition) is 5. The molecule has 0 atom stereocenters. The Morgan fingerprint density at radius 1 is 1.40 bits per heavy atom. The molecule has 6 heteroatoms. The summed E-state index contributed by atoms with van der Waals surface area (Å²) in [6.07, 6.45) is 2.72. The Morgan fingerprint density at radius 3 is 2.85 bits per heavy atom. The minimum atomic E-state index is -0.144. The van der Waals surface area contributed by atoms with E-state index < -0.39 is 0 Å². The molecule has 2 aromatic rings. The van der Waals surface area contributed by atoms with E-state index in [9.17, 15) is 4.79 Å². The van der Waals surface area contributed by atoms with Gasteiger partial charge < -0.3 is 10.6 Å². The minimum absolute atomic E-state index is 0.144. The fourth-order valence-corrected chi connectivity index (χ4v) is 1.96. The first-order valence-corrected chi connectivity index (χ1v) is 6.60. The molecule has 2 rings (SSSR count). The van der Waals surface area contributed by atoms with Crippen LogP contribution in [0.4, 0.5) is 11.5 Å². The van der Waals surface area contributed by atoms with Crippen LogP contribution in [-0.4, -0.2) is 28.4 Å². The molecule has 20 heavy (non-hydrogen) atoms. The van der Waals surface area contributed by atoms with Crippen molar-refractivity contribution < 1.29 is 0 Å². The number of aromatic nitrogens is 3. The highest BCUT2D eigenvalue weighted by molar-refractivity contribution is 5.41. The van der Waals surface area contributed by atoms with Crippen molar-refractivity contribution in [3.8, 4) is 0 Å². The summed E-state index contributed by atoms with van der Waals surface area (Å²) in [5.41, 5.74) is 7.02. The highest BCUT2D eigenvalue weighted by Gasteiger charge is 2.05. The second-order valence-corrected chi connectivity index (χ2v) is 4.69. The molecule has 0 amide bonds. The third-order valence-electron chi connectivity index (χ3n) is 3.00. The van der Waals surface area contributed by atoms with Crippen molar-refractivity contribution >= 4 is 11.5 Å². The van der Waals surface area contributed by atoms with Gasteiger partial charge in [-0.3, -0.25) is 4.79 Å². The van der Waals surface area contributed by atoms with E-state index in [1.807, 2.05) is 24.1 Å². The quantitative estimate of drug-likeness (QED) is 0.883. The highest BCUT2D eigenvalue weighted by Crippen LogP contribution is 2.08. The zero-order chi connectivity index (χ0) is 14.5. The Bertz CT molecular complexity index is 637. The normalized spacial score (nSPS) is 10.5. The van der Waals surface area contributed by atoms with E-state index in [1.165, 1.54) is 4.68 Å². The lowest BCUT2D eigenvalue weighted by atomic mass is 10.3. The largest absolute Gasteiger partial charge is 0.384 e. The predicted molar refractivity (Wildman–Crippen MR) is 79.8 cm³/mol. The van der Waals surface area contributed by atoms with Crippen LogP contribution in [0.3, 0.4) is 0 Å². The maximum atomic E-state index is 12.1. The smallest absolute Gasteiger partial charge is 0.269 e. The van der Waals surface area contributed by atoms with Gasteiger partial charge in [-0.25, -0.2) is 9.67 Å². The molecule has 2 aromatic heterocycles. The Hall–Kier alpha value is -2.37. The third kappa shape index (κ3) is 3.34. The molecule has 0 aliphatic carbocycles. The number of nitrogens with zero attached hydrogens (tertiary/aromatic N) is 4. The molecule has 6 nitrogen and oxygen atoms in total. The summed E-state index contributed by atoms with van der Waals surface area (Å²) >= 11 is 0. The van der Waals surface area contributed by atoms with E-state index >= 15 is 0 Å². The summed E-state index contributed by atoms with van der Waals surface area (Å²) in [5, 5.41) is 4.19. The predicted octanol–water partition coefficient (Wildman–Crippen LogP) is 1.11. The van der Waals surface area contributed by atoms with Crippen LogP contribution in [0, 0.1) is 0 Å².